The number of nitrogens with zero attached hydrogens (tertiary/aromatic N) is 4. The van der Waals surface area contributed by atoms with E-state index >= 15 is 0 Å². The number of pyridine rings is 1. The van der Waals surface area contributed by atoms with Gasteiger partial charge >= 0.3 is 0 Å². The summed E-state index contributed by atoms with van der Waals surface area (Å²) in [5.74, 6) is 2.20. The summed E-state index contributed by atoms with van der Waals surface area (Å²) in [4.78, 5) is 12.5. The first-order chi connectivity index (χ1) is 20.8. The zero-order valence-corrected chi connectivity index (χ0v) is 25.9. The number of aromatic nitrogens is 3. The molecule has 2 aliphatic rings. The van der Waals surface area contributed by atoms with Crippen LogP contribution in [0.2, 0.25) is 0 Å². The Hall–Kier alpha value is -3.75. The third kappa shape index (κ3) is 6.60. The molecule has 2 aromatic carbocycles. The number of rotatable bonds is 10. The van der Waals surface area contributed by atoms with Crippen molar-refractivity contribution in [2.45, 2.75) is 77.2 Å². The van der Waals surface area contributed by atoms with Crippen LogP contribution in [0.4, 0.5) is 5.69 Å². The second kappa shape index (κ2) is 12.5. The van der Waals surface area contributed by atoms with E-state index in [1.807, 2.05) is 37.4 Å². The molecule has 2 fully saturated rings. The minimum Gasteiger partial charge on any atom is -0.473 e. The molecule has 2 N–H and O–H groups in total. The number of anilines is 1. The lowest BCUT2D eigenvalue weighted by atomic mass is 9.87. The van der Waals surface area contributed by atoms with Crippen LogP contribution in [0, 0.1) is 5.41 Å². The molecule has 0 amide bonds. The Labute approximate surface area is 255 Å². The molecule has 43 heavy (non-hydrogen) atoms. The van der Waals surface area contributed by atoms with Crippen LogP contribution in [0.15, 0.2) is 54.6 Å². The van der Waals surface area contributed by atoms with E-state index < -0.39 is 0 Å². The highest BCUT2D eigenvalue weighted by atomic mass is 16.5. The van der Waals surface area contributed by atoms with E-state index in [0.717, 1.165) is 85.9 Å². The molecule has 0 radical (unpaired) electrons. The van der Waals surface area contributed by atoms with Crippen LogP contribution >= 0.6 is 0 Å². The van der Waals surface area contributed by atoms with Crippen molar-refractivity contribution in [1.82, 2.24) is 19.4 Å². The van der Waals surface area contributed by atoms with E-state index in [9.17, 15) is 0 Å². The maximum absolute atomic E-state index is 7.67. The highest BCUT2D eigenvalue weighted by Crippen LogP contribution is 2.31. The number of hydrogen-bond acceptors (Lipinski definition) is 7. The molecule has 0 aliphatic carbocycles. The van der Waals surface area contributed by atoms with Gasteiger partial charge in [-0.2, -0.15) is 0 Å². The van der Waals surface area contributed by atoms with E-state index in [0.29, 0.717) is 18.4 Å². The minimum absolute atomic E-state index is 0.0944. The van der Waals surface area contributed by atoms with Gasteiger partial charge in [0.1, 0.15) is 12.4 Å². The van der Waals surface area contributed by atoms with Gasteiger partial charge in [0, 0.05) is 48.8 Å². The summed E-state index contributed by atoms with van der Waals surface area (Å²) in [6.45, 7) is 11.8. The molecule has 2 aliphatic heterocycles. The maximum atomic E-state index is 7.67. The normalized spacial score (nSPS) is 18.0. The molecule has 8 nitrogen and oxygen atoms in total. The van der Waals surface area contributed by atoms with Crippen molar-refractivity contribution in [2.24, 2.45) is 0 Å². The summed E-state index contributed by atoms with van der Waals surface area (Å²) in [7, 11) is 1.86. The van der Waals surface area contributed by atoms with Gasteiger partial charge in [-0.3, -0.25) is 4.90 Å². The Morgan fingerprint density at radius 2 is 1.86 bits per heavy atom. The van der Waals surface area contributed by atoms with Gasteiger partial charge in [-0.05, 0) is 79.2 Å². The molecular weight excluding hydrogens is 536 g/mol. The highest BCUT2D eigenvalue weighted by Gasteiger charge is 2.26. The summed E-state index contributed by atoms with van der Waals surface area (Å²) in [6.07, 6.45) is 4.89. The molecular formula is C35H44N6O2. The molecule has 6 rings (SSSR count). The molecule has 0 bridgehead atoms. The summed E-state index contributed by atoms with van der Waals surface area (Å²) in [5, 5.41) is 10.8. The van der Waals surface area contributed by atoms with Crippen molar-refractivity contribution in [3.05, 3.63) is 82.8 Å². The Morgan fingerprint density at radius 3 is 2.56 bits per heavy atom. The van der Waals surface area contributed by atoms with Crippen LogP contribution in [-0.4, -0.2) is 58.5 Å². The number of likely N-dealkylation sites (tertiary alicyclic amines) is 1. The van der Waals surface area contributed by atoms with Crippen LogP contribution in [0.25, 0.3) is 11.0 Å². The number of hydrogen-bond donors (Lipinski definition) is 2. The van der Waals surface area contributed by atoms with Crippen molar-refractivity contribution < 1.29 is 9.47 Å². The lowest BCUT2D eigenvalue weighted by molar-refractivity contribution is -0.0592. The number of nitrogens with one attached hydrogen (secondary N) is 2. The van der Waals surface area contributed by atoms with E-state index in [2.05, 4.69) is 59.8 Å². The molecule has 0 saturated carbocycles. The molecule has 0 spiro atoms. The third-order valence-corrected chi connectivity index (χ3v) is 8.92. The summed E-state index contributed by atoms with van der Waals surface area (Å²) in [6, 6.07) is 18.9. The average Bonchev–Trinajstić information content (AvgIpc) is 3.33. The number of piperidine rings is 1. The zero-order chi connectivity index (χ0) is 30.0. The van der Waals surface area contributed by atoms with Gasteiger partial charge in [0.15, 0.2) is 0 Å². The summed E-state index contributed by atoms with van der Waals surface area (Å²) < 4.78 is 14.3. The maximum Gasteiger partial charge on any atom is 0.213 e. The summed E-state index contributed by atoms with van der Waals surface area (Å²) >= 11 is 0. The second-order valence-electron chi connectivity index (χ2n) is 12.9. The Kier molecular flexibility index (Phi) is 8.50. The highest BCUT2D eigenvalue weighted by molar-refractivity contribution is 5.86. The van der Waals surface area contributed by atoms with Crippen LogP contribution in [0.3, 0.4) is 0 Å². The fourth-order valence-electron chi connectivity index (χ4n) is 6.13. The average molecular weight is 581 g/mol. The molecule has 1 atom stereocenters. The smallest absolute Gasteiger partial charge is 0.213 e. The molecule has 1 unspecified atom stereocenters. The van der Waals surface area contributed by atoms with E-state index in [1.54, 1.807) is 0 Å². The first kappa shape index (κ1) is 29.3. The van der Waals surface area contributed by atoms with Gasteiger partial charge in [0.2, 0.25) is 5.88 Å². The molecule has 226 valence electrons. The third-order valence-electron chi connectivity index (χ3n) is 8.92. The fourth-order valence-corrected chi connectivity index (χ4v) is 6.13. The number of fused-ring (bicyclic) bond motifs is 1. The van der Waals surface area contributed by atoms with E-state index in [1.165, 1.54) is 17.3 Å². The predicted molar refractivity (Wildman–Crippen MR) is 172 cm³/mol. The lowest BCUT2D eigenvalue weighted by Crippen LogP contribution is -2.35. The Bertz CT molecular complexity index is 1580. The zero-order valence-electron chi connectivity index (χ0n) is 25.9. The van der Waals surface area contributed by atoms with Gasteiger partial charge in [-0.15, -0.1) is 0 Å². The van der Waals surface area contributed by atoms with E-state index in [-0.39, 0.29) is 11.5 Å². The fraction of sp³-hybridized carbons (Fsp3) is 0.457. The van der Waals surface area contributed by atoms with Crippen molar-refractivity contribution in [1.29, 1.82) is 5.41 Å². The molecule has 2 saturated heterocycles. The number of imidazole rings is 1. The SMILES string of the molecule is CNc1ccc(COc2cccc(C3CCN(Cc4nc5ccc(C(C)(C)C)cc5n4CC4CCO4)CC3)n2)cc1C=N. The Balaban J connectivity index is 1.10. The Morgan fingerprint density at radius 1 is 1.05 bits per heavy atom. The topological polar surface area (TPSA) is 88.3 Å². The van der Waals surface area contributed by atoms with Crippen LogP contribution in [0.1, 0.15) is 74.2 Å². The van der Waals surface area contributed by atoms with Crippen LogP contribution in [0.5, 0.6) is 5.88 Å². The van der Waals surface area contributed by atoms with Gasteiger partial charge in [-0.25, -0.2) is 9.97 Å². The second-order valence-corrected chi connectivity index (χ2v) is 12.9. The first-order valence-corrected chi connectivity index (χ1v) is 15.5. The lowest BCUT2D eigenvalue weighted by Gasteiger charge is -2.32. The summed E-state index contributed by atoms with van der Waals surface area (Å²) in [5.41, 5.74) is 7.63. The molecule has 8 heteroatoms. The van der Waals surface area contributed by atoms with Crippen molar-refractivity contribution in [3.8, 4) is 5.88 Å². The largest absolute Gasteiger partial charge is 0.473 e. The standard InChI is InChI=1S/C35H44N6O2/c1-35(2,3)27-9-11-31-32(19-27)41(21-28-14-17-42-28)33(38-31)22-40-15-12-25(13-16-40)30-6-5-7-34(39-30)43-23-24-8-10-29(37-4)26(18-24)20-36/h5-11,18-20,25,28,36-37H,12-17,21-23H2,1-4H3. The van der Waals surface area contributed by atoms with Gasteiger partial charge in [-0.1, -0.05) is 39.0 Å². The van der Waals surface area contributed by atoms with Crippen LogP contribution < -0.4 is 10.1 Å². The van der Waals surface area contributed by atoms with Crippen molar-refractivity contribution in [3.63, 3.8) is 0 Å². The number of ether oxygens (including phenoxy) is 2. The first-order valence-electron chi connectivity index (χ1n) is 15.5. The molecule has 4 aromatic rings. The molecule has 2 aromatic heterocycles. The van der Waals surface area contributed by atoms with E-state index in [4.69, 9.17) is 24.9 Å². The van der Waals surface area contributed by atoms with Gasteiger partial charge in [0.25, 0.3) is 0 Å². The molecule has 4 heterocycles. The van der Waals surface area contributed by atoms with Gasteiger partial charge < -0.3 is 24.8 Å². The van der Waals surface area contributed by atoms with Crippen LogP contribution in [-0.2, 0) is 29.8 Å². The van der Waals surface area contributed by atoms with Crippen molar-refractivity contribution in [2.75, 3.05) is 32.1 Å². The van der Waals surface area contributed by atoms with Crippen molar-refractivity contribution >= 4 is 22.9 Å². The monoisotopic (exact) mass is 580 g/mol. The quantitative estimate of drug-likeness (QED) is 0.208. The number of benzene rings is 2. The van der Waals surface area contributed by atoms with Gasteiger partial charge in [0.05, 0.1) is 30.2 Å². The predicted octanol–water partition coefficient (Wildman–Crippen LogP) is 6.52. The minimum atomic E-state index is 0.0944.